The van der Waals surface area contributed by atoms with Crippen molar-refractivity contribution in [2.75, 3.05) is 44.2 Å². The first-order valence-electron chi connectivity index (χ1n) is 14.7. The summed E-state index contributed by atoms with van der Waals surface area (Å²) in [5, 5.41) is 8.42. The van der Waals surface area contributed by atoms with Gasteiger partial charge in [-0.2, -0.15) is 5.10 Å². The molecule has 0 spiro atoms. The number of nitrogens with one attached hydrogen (secondary N) is 2. The van der Waals surface area contributed by atoms with E-state index in [1.165, 1.54) is 25.0 Å². The highest BCUT2D eigenvalue weighted by atomic mass is 19.1. The maximum absolute atomic E-state index is 14.8. The van der Waals surface area contributed by atoms with Crippen LogP contribution in [-0.4, -0.2) is 90.4 Å². The summed E-state index contributed by atoms with van der Waals surface area (Å²) >= 11 is 0. The molecule has 8 rings (SSSR count). The average Bonchev–Trinajstić information content (AvgIpc) is 3.78. The number of aromatic nitrogens is 8. The molecule has 2 saturated heterocycles. The number of anilines is 1. The van der Waals surface area contributed by atoms with Crippen LogP contribution in [0.4, 0.5) is 10.2 Å². The van der Waals surface area contributed by atoms with E-state index in [1.807, 2.05) is 12.1 Å². The molecule has 2 aliphatic heterocycles. The van der Waals surface area contributed by atoms with E-state index in [1.54, 1.807) is 31.0 Å². The van der Waals surface area contributed by atoms with Gasteiger partial charge in [0.2, 0.25) is 0 Å². The van der Waals surface area contributed by atoms with Crippen molar-refractivity contribution in [3.05, 3.63) is 61.1 Å². The Morgan fingerprint density at radius 2 is 1.80 bits per heavy atom. The number of hydrogen-bond acceptors (Lipinski definition) is 10. The number of hydrogen-bond donors (Lipinski definition) is 3. The van der Waals surface area contributed by atoms with Crippen LogP contribution < -0.4 is 15.4 Å². The number of ether oxygens (including phenoxy) is 1. The summed E-state index contributed by atoms with van der Waals surface area (Å²) in [6.45, 7) is 5.01. The summed E-state index contributed by atoms with van der Waals surface area (Å²) in [7, 11) is 0. The van der Waals surface area contributed by atoms with E-state index in [-0.39, 0.29) is 11.9 Å². The third-order valence-corrected chi connectivity index (χ3v) is 8.24. The molecule has 222 valence electrons. The van der Waals surface area contributed by atoms with Gasteiger partial charge in [-0.15, -0.1) is 0 Å². The second-order valence-electron chi connectivity index (χ2n) is 11.4. The number of H-pyrrole nitrogens is 2. The quantitative estimate of drug-likeness (QED) is 0.239. The van der Waals surface area contributed by atoms with Crippen LogP contribution in [0.3, 0.4) is 0 Å². The van der Waals surface area contributed by atoms with Gasteiger partial charge in [0.15, 0.2) is 5.82 Å². The Kier molecular flexibility index (Phi) is 6.60. The molecule has 2 fully saturated rings. The lowest BCUT2D eigenvalue weighted by molar-refractivity contribution is 0.237. The van der Waals surface area contributed by atoms with Crippen molar-refractivity contribution in [1.29, 1.82) is 0 Å². The topological polar surface area (TPSA) is 151 Å². The van der Waals surface area contributed by atoms with Gasteiger partial charge in [0, 0.05) is 48.9 Å². The number of rotatable bonds is 8. The second kappa shape index (κ2) is 10.9. The molecule has 44 heavy (non-hydrogen) atoms. The molecule has 0 radical (unpaired) electrons. The van der Waals surface area contributed by atoms with Crippen LogP contribution >= 0.6 is 0 Å². The molecule has 0 atom stereocenters. The number of imidazole rings is 1. The van der Waals surface area contributed by atoms with Crippen molar-refractivity contribution in [3.63, 3.8) is 0 Å². The number of nitrogens with two attached hydrogens (primary N) is 1. The fourth-order valence-electron chi connectivity index (χ4n) is 5.93. The van der Waals surface area contributed by atoms with Crippen LogP contribution in [0.5, 0.6) is 5.75 Å². The van der Waals surface area contributed by atoms with E-state index in [9.17, 15) is 4.39 Å². The van der Waals surface area contributed by atoms with E-state index in [0.29, 0.717) is 57.4 Å². The predicted octanol–water partition coefficient (Wildman–Crippen LogP) is 3.78. The lowest BCUT2D eigenvalue weighted by atomic mass is 10.1. The molecule has 0 saturated carbocycles. The fourth-order valence-corrected chi connectivity index (χ4v) is 5.93. The van der Waals surface area contributed by atoms with Gasteiger partial charge in [-0.25, -0.2) is 14.4 Å². The van der Waals surface area contributed by atoms with Gasteiger partial charge in [-0.1, -0.05) is 0 Å². The third-order valence-electron chi connectivity index (χ3n) is 8.24. The minimum Gasteiger partial charge on any atom is -0.492 e. The number of aromatic amines is 2. The van der Waals surface area contributed by atoms with Gasteiger partial charge in [0.1, 0.15) is 35.4 Å². The number of benzene rings is 1. The Labute approximate surface area is 251 Å². The number of halogens is 1. The van der Waals surface area contributed by atoms with Gasteiger partial charge < -0.3 is 20.4 Å². The molecule has 7 heterocycles. The molecule has 13 heteroatoms. The van der Waals surface area contributed by atoms with E-state index < -0.39 is 0 Å². The lowest BCUT2D eigenvalue weighted by Crippen LogP contribution is -2.56. The largest absolute Gasteiger partial charge is 0.492 e. The molecule has 12 nitrogen and oxygen atoms in total. The Morgan fingerprint density at radius 1 is 0.932 bits per heavy atom. The van der Waals surface area contributed by atoms with Crippen LogP contribution in [0.2, 0.25) is 0 Å². The standard InChI is InChI=1S/C31H30FN11O/c32-19-7-18(8-21(9-19)44-6-5-42-3-1-2-4-42)23-11-34-13-27-29(23)39-31(38-27)30-22-10-24(36-14-25(22)40-41-30)26-12-35-15-28(37-26)43-16-20(33)17-43/h7-15,20H,1-6,16-17,33H2,(H,38,39)(H,40,41). The normalized spacial score (nSPS) is 15.8. The van der Waals surface area contributed by atoms with Crippen molar-refractivity contribution < 1.29 is 9.13 Å². The number of fused-ring (bicyclic) bond motifs is 2. The van der Waals surface area contributed by atoms with E-state index in [4.69, 9.17) is 20.4 Å². The van der Waals surface area contributed by atoms with Crippen LogP contribution in [-0.2, 0) is 0 Å². The molecule has 0 unspecified atom stereocenters. The highest BCUT2D eigenvalue weighted by Crippen LogP contribution is 2.33. The number of likely N-dealkylation sites (tertiary alicyclic amines) is 1. The molecular formula is C31H30FN11O. The zero-order valence-corrected chi connectivity index (χ0v) is 23.9. The SMILES string of the molecule is NC1CN(c2cncc(-c3cc4c(-c5nc6c(-c7cc(F)cc(OCCN8CCCC8)c7)cncc6[nH]5)n[nH]c4cn3)n2)C1. The van der Waals surface area contributed by atoms with Crippen molar-refractivity contribution in [2.45, 2.75) is 18.9 Å². The summed E-state index contributed by atoms with van der Waals surface area (Å²) < 4.78 is 20.7. The number of nitrogens with zero attached hydrogens (tertiary/aromatic N) is 8. The predicted molar refractivity (Wildman–Crippen MR) is 165 cm³/mol. The molecule has 0 amide bonds. The van der Waals surface area contributed by atoms with Crippen LogP contribution in [0.15, 0.2) is 55.2 Å². The summed E-state index contributed by atoms with van der Waals surface area (Å²) in [5.74, 6) is 1.42. The first-order chi connectivity index (χ1) is 21.6. The first-order valence-corrected chi connectivity index (χ1v) is 14.7. The van der Waals surface area contributed by atoms with Gasteiger partial charge in [0.25, 0.3) is 0 Å². The molecule has 5 aromatic heterocycles. The molecule has 0 aliphatic carbocycles. The minimum atomic E-state index is -0.381. The first kappa shape index (κ1) is 26.6. The van der Waals surface area contributed by atoms with Crippen molar-refractivity contribution in [1.82, 2.24) is 45.0 Å². The summed E-state index contributed by atoms with van der Waals surface area (Å²) in [6.07, 6.45) is 11.0. The van der Waals surface area contributed by atoms with E-state index in [2.05, 4.69) is 39.9 Å². The zero-order chi connectivity index (χ0) is 29.6. The van der Waals surface area contributed by atoms with Gasteiger partial charge in [-0.3, -0.25) is 25.0 Å². The van der Waals surface area contributed by atoms with E-state index >= 15 is 0 Å². The molecular weight excluding hydrogens is 561 g/mol. The van der Waals surface area contributed by atoms with E-state index in [0.717, 1.165) is 49.4 Å². The summed E-state index contributed by atoms with van der Waals surface area (Å²) in [6, 6.07) is 6.81. The Hall–Kier alpha value is -5.01. The molecule has 6 aromatic rings. The van der Waals surface area contributed by atoms with Crippen molar-refractivity contribution >= 4 is 27.8 Å². The van der Waals surface area contributed by atoms with Crippen LogP contribution in [0.25, 0.3) is 56.0 Å². The Bertz CT molecular complexity index is 1980. The summed E-state index contributed by atoms with van der Waals surface area (Å²) in [5.41, 5.74) is 11.3. The maximum Gasteiger partial charge on any atom is 0.159 e. The Morgan fingerprint density at radius 3 is 2.66 bits per heavy atom. The smallest absolute Gasteiger partial charge is 0.159 e. The second-order valence-corrected chi connectivity index (χ2v) is 11.4. The highest BCUT2D eigenvalue weighted by Gasteiger charge is 2.25. The average molecular weight is 592 g/mol. The summed E-state index contributed by atoms with van der Waals surface area (Å²) in [4.78, 5) is 30.8. The third kappa shape index (κ3) is 4.99. The lowest BCUT2D eigenvalue weighted by Gasteiger charge is -2.37. The van der Waals surface area contributed by atoms with Gasteiger partial charge in [0.05, 0.1) is 47.0 Å². The zero-order valence-electron chi connectivity index (χ0n) is 23.9. The highest BCUT2D eigenvalue weighted by molar-refractivity contribution is 5.97. The maximum atomic E-state index is 14.8. The monoisotopic (exact) mass is 591 g/mol. The van der Waals surface area contributed by atoms with Crippen molar-refractivity contribution in [2.24, 2.45) is 5.73 Å². The van der Waals surface area contributed by atoms with Crippen LogP contribution in [0.1, 0.15) is 12.8 Å². The molecule has 0 bridgehead atoms. The molecule has 2 aliphatic rings. The van der Waals surface area contributed by atoms with Gasteiger partial charge in [-0.05, 0) is 49.7 Å². The Balaban J connectivity index is 1.11. The number of pyridine rings is 2. The molecule has 4 N–H and O–H groups in total. The fraction of sp³-hybridized carbons (Fsp3) is 0.290. The van der Waals surface area contributed by atoms with Crippen molar-refractivity contribution in [3.8, 4) is 39.8 Å². The molecule has 1 aromatic carbocycles. The van der Waals surface area contributed by atoms with Crippen LogP contribution in [0, 0.1) is 5.82 Å². The minimum absolute atomic E-state index is 0.156. The van der Waals surface area contributed by atoms with Gasteiger partial charge >= 0.3 is 0 Å².